The Bertz CT molecular complexity index is 72.0. The highest BCUT2D eigenvalue weighted by atomic mass is 33.1. The summed E-state index contributed by atoms with van der Waals surface area (Å²) in [6.07, 6.45) is 1.20. The van der Waals surface area contributed by atoms with Gasteiger partial charge in [-0.05, 0) is 13.5 Å². The molecule has 1 N–H and O–H groups in total. The first-order valence-electron chi connectivity index (χ1n) is 3.70. The topological polar surface area (TPSA) is 12.0 Å². The van der Waals surface area contributed by atoms with E-state index in [0.717, 1.165) is 5.25 Å². The van der Waals surface area contributed by atoms with Gasteiger partial charge in [-0.25, -0.2) is 0 Å². The smallest absolute Gasteiger partial charge is 0.0631 e. The maximum absolute atomic E-state index is 3.25. The highest BCUT2D eigenvalue weighted by molar-refractivity contribution is 8.77. The van der Waals surface area contributed by atoms with Crippen LogP contribution in [0.5, 0.6) is 0 Å². The summed E-state index contributed by atoms with van der Waals surface area (Å²) in [5.41, 5.74) is 0. The van der Waals surface area contributed by atoms with E-state index in [2.05, 4.69) is 26.1 Å². The van der Waals surface area contributed by atoms with Gasteiger partial charge in [0.2, 0.25) is 0 Å². The fourth-order valence-electron chi connectivity index (χ4n) is 0.498. The van der Waals surface area contributed by atoms with Crippen LogP contribution in [0.3, 0.4) is 0 Å². The minimum atomic E-state index is 0.618. The summed E-state index contributed by atoms with van der Waals surface area (Å²) >= 11 is 0. The Morgan fingerprint density at radius 1 is 1.30 bits per heavy atom. The minimum absolute atomic E-state index is 0.618. The van der Waals surface area contributed by atoms with Crippen LogP contribution in [-0.2, 0) is 0 Å². The zero-order valence-corrected chi connectivity index (χ0v) is 8.81. The van der Waals surface area contributed by atoms with E-state index in [1.807, 2.05) is 28.6 Å². The molecule has 0 bridgehead atoms. The summed E-state index contributed by atoms with van der Waals surface area (Å²) in [7, 11) is 5.89. The second-order valence-corrected chi connectivity index (χ2v) is 5.48. The van der Waals surface area contributed by atoms with Crippen molar-refractivity contribution in [3.05, 3.63) is 0 Å². The van der Waals surface area contributed by atoms with E-state index in [0.29, 0.717) is 5.37 Å². The molecule has 0 aliphatic carbocycles. The Morgan fingerprint density at radius 3 is 2.20 bits per heavy atom. The van der Waals surface area contributed by atoms with Gasteiger partial charge in [0, 0.05) is 5.25 Å². The van der Waals surface area contributed by atoms with Gasteiger partial charge in [0.15, 0.2) is 0 Å². The van der Waals surface area contributed by atoms with Gasteiger partial charge in [0.05, 0.1) is 5.37 Å². The molecular weight excluding hydrogens is 162 g/mol. The standard InChI is InChI=1S/C7H17NS2/c1-5-7(8-4)10-9-6(2)3/h6-8H,5H2,1-4H3. The van der Waals surface area contributed by atoms with Gasteiger partial charge in [-0.15, -0.1) is 0 Å². The average Bonchev–Trinajstić information content (AvgIpc) is 1.90. The van der Waals surface area contributed by atoms with Crippen molar-refractivity contribution in [1.29, 1.82) is 0 Å². The van der Waals surface area contributed by atoms with Crippen molar-refractivity contribution >= 4 is 21.6 Å². The molecule has 0 aliphatic heterocycles. The highest BCUT2D eigenvalue weighted by Gasteiger charge is 2.04. The van der Waals surface area contributed by atoms with Gasteiger partial charge < -0.3 is 5.32 Å². The molecule has 10 heavy (non-hydrogen) atoms. The summed E-state index contributed by atoms with van der Waals surface area (Å²) in [5, 5.41) is 4.60. The van der Waals surface area contributed by atoms with E-state index >= 15 is 0 Å². The van der Waals surface area contributed by atoms with Crippen LogP contribution < -0.4 is 5.32 Å². The van der Waals surface area contributed by atoms with Crippen molar-refractivity contribution in [3.63, 3.8) is 0 Å². The zero-order valence-electron chi connectivity index (χ0n) is 7.18. The molecule has 0 aromatic heterocycles. The van der Waals surface area contributed by atoms with Crippen molar-refractivity contribution < 1.29 is 0 Å². The van der Waals surface area contributed by atoms with E-state index in [9.17, 15) is 0 Å². The number of nitrogens with one attached hydrogen (secondary N) is 1. The molecule has 0 aromatic carbocycles. The summed E-state index contributed by atoms with van der Waals surface area (Å²) in [5.74, 6) is 0. The van der Waals surface area contributed by atoms with Gasteiger partial charge in [-0.1, -0.05) is 42.4 Å². The lowest BCUT2D eigenvalue weighted by atomic mass is 10.5. The van der Waals surface area contributed by atoms with E-state index in [1.54, 1.807) is 0 Å². The van der Waals surface area contributed by atoms with E-state index in [4.69, 9.17) is 0 Å². The van der Waals surface area contributed by atoms with Gasteiger partial charge in [-0.3, -0.25) is 0 Å². The first-order valence-corrected chi connectivity index (χ1v) is 5.97. The third kappa shape index (κ3) is 5.45. The summed E-state index contributed by atoms with van der Waals surface area (Å²) in [6.45, 7) is 6.65. The molecule has 0 saturated carbocycles. The van der Waals surface area contributed by atoms with Crippen molar-refractivity contribution in [2.24, 2.45) is 0 Å². The van der Waals surface area contributed by atoms with E-state index in [-0.39, 0.29) is 0 Å². The number of hydrogen-bond donors (Lipinski definition) is 1. The lowest BCUT2D eigenvalue weighted by Crippen LogP contribution is -2.19. The van der Waals surface area contributed by atoms with Crippen molar-refractivity contribution in [2.45, 2.75) is 37.8 Å². The quantitative estimate of drug-likeness (QED) is 0.515. The Morgan fingerprint density at radius 2 is 1.90 bits per heavy atom. The number of rotatable bonds is 5. The summed E-state index contributed by atoms with van der Waals surface area (Å²) in [6, 6.07) is 0. The van der Waals surface area contributed by atoms with Crippen LogP contribution >= 0.6 is 21.6 Å². The van der Waals surface area contributed by atoms with Gasteiger partial charge in [-0.2, -0.15) is 0 Å². The lowest BCUT2D eigenvalue weighted by molar-refractivity contribution is 0.722. The molecule has 62 valence electrons. The molecular formula is C7H17NS2. The molecule has 0 aliphatic rings. The Hall–Kier alpha value is 0.660. The van der Waals surface area contributed by atoms with Crippen LogP contribution in [0, 0.1) is 0 Å². The summed E-state index contributed by atoms with van der Waals surface area (Å²) in [4.78, 5) is 0. The molecule has 0 aromatic rings. The average molecular weight is 179 g/mol. The monoisotopic (exact) mass is 179 g/mol. The van der Waals surface area contributed by atoms with E-state index < -0.39 is 0 Å². The fourth-order valence-corrected chi connectivity index (χ4v) is 2.85. The SMILES string of the molecule is CCC(NC)SSC(C)C. The Labute approximate surface area is 72.1 Å². The van der Waals surface area contributed by atoms with E-state index in [1.165, 1.54) is 6.42 Å². The number of hydrogen-bond acceptors (Lipinski definition) is 3. The van der Waals surface area contributed by atoms with Gasteiger partial charge in [0.1, 0.15) is 0 Å². The summed E-state index contributed by atoms with van der Waals surface area (Å²) < 4.78 is 0. The first kappa shape index (κ1) is 10.7. The molecule has 0 heterocycles. The Kier molecular flexibility index (Phi) is 6.80. The van der Waals surface area contributed by atoms with Gasteiger partial charge >= 0.3 is 0 Å². The predicted octanol–water partition coefficient (Wildman–Crippen LogP) is 2.73. The van der Waals surface area contributed by atoms with Crippen molar-refractivity contribution in [3.8, 4) is 0 Å². The molecule has 0 radical (unpaired) electrons. The second-order valence-electron chi connectivity index (χ2n) is 2.43. The molecule has 3 heteroatoms. The zero-order chi connectivity index (χ0) is 7.98. The van der Waals surface area contributed by atoms with Crippen LogP contribution in [0.15, 0.2) is 0 Å². The second kappa shape index (κ2) is 6.38. The minimum Gasteiger partial charge on any atom is -0.308 e. The maximum Gasteiger partial charge on any atom is 0.0631 e. The van der Waals surface area contributed by atoms with Crippen molar-refractivity contribution in [1.82, 2.24) is 5.32 Å². The maximum atomic E-state index is 3.25. The normalized spacial score (nSPS) is 14.1. The largest absolute Gasteiger partial charge is 0.308 e. The highest BCUT2D eigenvalue weighted by Crippen LogP contribution is 2.30. The first-order chi connectivity index (χ1) is 4.70. The van der Waals surface area contributed by atoms with Crippen LogP contribution in [-0.4, -0.2) is 17.7 Å². The lowest BCUT2D eigenvalue weighted by Gasteiger charge is -2.13. The fraction of sp³-hybridized carbons (Fsp3) is 1.00. The van der Waals surface area contributed by atoms with Crippen LogP contribution in [0.25, 0.3) is 0 Å². The third-order valence-electron chi connectivity index (χ3n) is 1.06. The molecule has 0 rings (SSSR count). The molecule has 1 nitrogen and oxygen atoms in total. The molecule has 1 atom stereocenters. The molecule has 1 unspecified atom stereocenters. The van der Waals surface area contributed by atoms with Crippen LogP contribution in [0.4, 0.5) is 0 Å². The molecule has 0 fully saturated rings. The molecule has 0 amide bonds. The third-order valence-corrected chi connectivity index (χ3v) is 4.54. The van der Waals surface area contributed by atoms with Crippen LogP contribution in [0.1, 0.15) is 27.2 Å². The molecule has 0 spiro atoms. The van der Waals surface area contributed by atoms with Crippen LogP contribution in [0.2, 0.25) is 0 Å². The molecule has 0 saturated heterocycles. The predicted molar refractivity (Wildman–Crippen MR) is 53.5 cm³/mol. The van der Waals surface area contributed by atoms with Crippen molar-refractivity contribution in [2.75, 3.05) is 7.05 Å². The Balaban J connectivity index is 3.26. The van der Waals surface area contributed by atoms with Gasteiger partial charge in [0.25, 0.3) is 0 Å².